The van der Waals surface area contributed by atoms with Crippen LogP contribution in [-0.4, -0.2) is 50.1 Å². The SMILES string of the molecule is Cc1oc(-c2nc(C#N)c(NC3CCCCC3)o2)cc1S(=O)(=O)N1CCOCC1. The van der Waals surface area contributed by atoms with Gasteiger partial charge in [0.2, 0.25) is 21.6 Å². The van der Waals surface area contributed by atoms with Crippen LogP contribution in [-0.2, 0) is 14.8 Å². The summed E-state index contributed by atoms with van der Waals surface area (Å²) >= 11 is 0. The summed E-state index contributed by atoms with van der Waals surface area (Å²) in [4.78, 5) is 4.28. The van der Waals surface area contributed by atoms with E-state index in [1.807, 2.05) is 6.07 Å². The van der Waals surface area contributed by atoms with Crippen LogP contribution in [0, 0.1) is 18.3 Å². The summed E-state index contributed by atoms with van der Waals surface area (Å²) in [7, 11) is -3.70. The summed E-state index contributed by atoms with van der Waals surface area (Å²) in [5.74, 6) is 0.833. The van der Waals surface area contributed by atoms with E-state index in [0.29, 0.717) is 32.2 Å². The monoisotopic (exact) mass is 420 g/mol. The Morgan fingerprint density at radius 2 is 1.93 bits per heavy atom. The predicted molar refractivity (Wildman–Crippen MR) is 104 cm³/mol. The lowest BCUT2D eigenvalue weighted by molar-refractivity contribution is 0.0730. The maximum absolute atomic E-state index is 12.9. The van der Waals surface area contributed by atoms with E-state index in [1.165, 1.54) is 16.8 Å². The summed E-state index contributed by atoms with van der Waals surface area (Å²) in [5, 5.41) is 12.7. The Hall–Kier alpha value is -2.35. The van der Waals surface area contributed by atoms with Crippen molar-refractivity contribution in [3.8, 4) is 17.7 Å². The third-order valence-electron chi connectivity index (χ3n) is 5.34. The van der Waals surface area contributed by atoms with Crippen LogP contribution in [0.2, 0.25) is 0 Å². The lowest BCUT2D eigenvalue weighted by atomic mass is 9.95. The fourth-order valence-corrected chi connectivity index (χ4v) is 5.35. The van der Waals surface area contributed by atoms with Gasteiger partial charge in [-0.15, -0.1) is 0 Å². The van der Waals surface area contributed by atoms with Gasteiger partial charge in [0.15, 0.2) is 5.76 Å². The fourth-order valence-electron chi connectivity index (χ4n) is 3.78. The Morgan fingerprint density at radius 3 is 2.62 bits per heavy atom. The average Bonchev–Trinajstić information content (AvgIpc) is 3.33. The minimum absolute atomic E-state index is 0.0768. The molecular formula is C19H24N4O5S. The van der Waals surface area contributed by atoms with E-state index < -0.39 is 10.0 Å². The van der Waals surface area contributed by atoms with Crippen LogP contribution >= 0.6 is 0 Å². The molecule has 9 nitrogen and oxygen atoms in total. The number of nitrogens with zero attached hydrogens (tertiary/aromatic N) is 3. The second-order valence-electron chi connectivity index (χ2n) is 7.34. The number of furan rings is 1. The first kappa shape index (κ1) is 19.9. The number of sulfonamides is 1. The zero-order chi connectivity index (χ0) is 20.4. The average molecular weight is 420 g/mol. The van der Waals surface area contributed by atoms with Gasteiger partial charge in [-0.05, 0) is 19.8 Å². The first-order valence-electron chi connectivity index (χ1n) is 9.85. The molecule has 0 unspecified atom stereocenters. The van der Waals surface area contributed by atoms with Crippen molar-refractivity contribution >= 4 is 15.9 Å². The summed E-state index contributed by atoms with van der Waals surface area (Å²) in [6.45, 7) is 2.92. The molecule has 4 rings (SSSR count). The third kappa shape index (κ3) is 4.03. The molecule has 2 fully saturated rings. The van der Waals surface area contributed by atoms with E-state index in [4.69, 9.17) is 13.6 Å². The van der Waals surface area contributed by atoms with Crippen molar-refractivity contribution in [1.82, 2.24) is 9.29 Å². The van der Waals surface area contributed by atoms with Crippen LogP contribution in [0.1, 0.15) is 43.6 Å². The Labute approximate surface area is 169 Å². The van der Waals surface area contributed by atoms with E-state index >= 15 is 0 Å². The maximum Gasteiger partial charge on any atom is 0.266 e. The number of nitriles is 1. The van der Waals surface area contributed by atoms with Gasteiger partial charge in [-0.3, -0.25) is 0 Å². The van der Waals surface area contributed by atoms with Gasteiger partial charge in [-0.1, -0.05) is 19.3 Å². The standard InChI is InChI=1S/C19H24N4O5S/c1-13-17(29(24,25)23-7-9-26-10-8-23)11-16(27-13)19-22-15(12-20)18(28-19)21-14-5-3-2-4-6-14/h11,14,21H,2-10H2,1H3. The normalized spacial score (nSPS) is 19.2. The van der Waals surface area contributed by atoms with Gasteiger partial charge >= 0.3 is 0 Å². The topological polar surface area (TPSA) is 122 Å². The highest BCUT2D eigenvalue weighted by molar-refractivity contribution is 7.89. The summed E-state index contributed by atoms with van der Waals surface area (Å²) in [6.07, 6.45) is 5.53. The van der Waals surface area contributed by atoms with E-state index in [0.717, 1.165) is 25.7 Å². The maximum atomic E-state index is 12.9. The minimum Gasteiger partial charge on any atom is -0.455 e. The quantitative estimate of drug-likeness (QED) is 0.783. The number of oxazole rings is 1. The number of anilines is 1. The molecule has 3 heterocycles. The van der Waals surface area contributed by atoms with Gasteiger partial charge in [-0.25, -0.2) is 8.42 Å². The van der Waals surface area contributed by atoms with Crippen LogP contribution in [0.15, 0.2) is 19.8 Å². The number of ether oxygens (including phenoxy) is 1. The molecule has 29 heavy (non-hydrogen) atoms. The van der Waals surface area contributed by atoms with Gasteiger partial charge in [0.25, 0.3) is 5.89 Å². The van der Waals surface area contributed by atoms with Crippen LogP contribution in [0.3, 0.4) is 0 Å². The molecule has 0 aromatic carbocycles. The number of nitrogens with one attached hydrogen (secondary N) is 1. The van der Waals surface area contributed by atoms with Crippen molar-refractivity contribution in [2.24, 2.45) is 0 Å². The molecule has 1 saturated carbocycles. The highest BCUT2D eigenvalue weighted by Crippen LogP contribution is 2.33. The van der Waals surface area contributed by atoms with Gasteiger partial charge in [0.05, 0.1) is 13.2 Å². The molecule has 1 saturated heterocycles. The van der Waals surface area contributed by atoms with Crippen molar-refractivity contribution in [3.63, 3.8) is 0 Å². The Bertz CT molecular complexity index is 1010. The number of rotatable bonds is 5. The minimum atomic E-state index is -3.70. The predicted octanol–water partition coefficient (Wildman–Crippen LogP) is 2.88. The zero-order valence-electron chi connectivity index (χ0n) is 16.3. The summed E-state index contributed by atoms with van der Waals surface area (Å²) in [5.41, 5.74) is 0.136. The first-order chi connectivity index (χ1) is 14.0. The molecule has 2 aliphatic rings. The molecular weight excluding hydrogens is 396 g/mol. The Kier molecular flexibility index (Phi) is 5.63. The molecule has 0 atom stereocenters. The first-order valence-corrected chi connectivity index (χ1v) is 11.3. The third-order valence-corrected chi connectivity index (χ3v) is 7.35. The van der Waals surface area contributed by atoms with Crippen molar-refractivity contribution in [1.29, 1.82) is 5.26 Å². The molecule has 2 aromatic rings. The molecule has 0 bridgehead atoms. The Balaban J connectivity index is 1.61. The van der Waals surface area contributed by atoms with E-state index in [1.54, 1.807) is 6.92 Å². The van der Waals surface area contributed by atoms with Crippen LogP contribution in [0.4, 0.5) is 5.88 Å². The van der Waals surface area contributed by atoms with Crippen LogP contribution in [0.5, 0.6) is 0 Å². The van der Waals surface area contributed by atoms with Crippen LogP contribution < -0.4 is 5.32 Å². The molecule has 2 aromatic heterocycles. The molecule has 156 valence electrons. The van der Waals surface area contributed by atoms with Crippen molar-refractivity contribution in [3.05, 3.63) is 17.5 Å². The summed E-state index contributed by atoms with van der Waals surface area (Å²) in [6, 6.07) is 3.69. The van der Waals surface area contributed by atoms with Crippen molar-refractivity contribution < 1.29 is 22.0 Å². The van der Waals surface area contributed by atoms with E-state index in [2.05, 4.69) is 10.3 Å². The van der Waals surface area contributed by atoms with Gasteiger partial charge in [-0.2, -0.15) is 14.6 Å². The lowest BCUT2D eigenvalue weighted by Crippen LogP contribution is -2.40. The molecule has 0 amide bonds. The number of hydrogen-bond acceptors (Lipinski definition) is 8. The lowest BCUT2D eigenvalue weighted by Gasteiger charge is -2.25. The Morgan fingerprint density at radius 1 is 1.21 bits per heavy atom. The molecule has 0 radical (unpaired) electrons. The largest absolute Gasteiger partial charge is 0.455 e. The van der Waals surface area contributed by atoms with Crippen molar-refractivity contribution in [2.75, 3.05) is 31.6 Å². The molecule has 1 aliphatic heterocycles. The van der Waals surface area contributed by atoms with Crippen LogP contribution in [0.25, 0.3) is 11.7 Å². The zero-order valence-corrected chi connectivity index (χ0v) is 17.1. The van der Waals surface area contributed by atoms with Gasteiger partial charge in [0.1, 0.15) is 16.7 Å². The highest BCUT2D eigenvalue weighted by Gasteiger charge is 2.31. The van der Waals surface area contributed by atoms with Gasteiger partial charge in [0, 0.05) is 25.2 Å². The number of morpholine rings is 1. The fraction of sp³-hybridized carbons (Fsp3) is 0.579. The number of hydrogen-bond donors (Lipinski definition) is 1. The van der Waals surface area contributed by atoms with Gasteiger partial charge < -0.3 is 18.9 Å². The smallest absolute Gasteiger partial charge is 0.266 e. The number of aryl methyl sites for hydroxylation is 1. The van der Waals surface area contributed by atoms with E-state index in [9.17, 15) is 13.7 Å². The number of aromatic nitrogens is 1. The molecule has 0 spiro atoms. The molecule has 10 heteroatoms. The molecule has 1 N–H and O–H groups in total. The summed E-state index contributed by atoms with van der Waals surface area (Å²) < 4.78 is 43.9. The van der Waals surface area contributed by atoms with Crippen molar-refractivity contribution in [2.45, 2.75) is 50.0 Å². The second-order valence-corrected chi connectivity index (χ2v) is 9.24. The van der Waals surface area contributed by atoms with E-state index in [-0.39, 0.29) is 34.0 Å². The highest BCUT2D eigenvalue weighted by atomic mass is 32.2. The molecule has 1 aliphatic carbocycles. The second kappa shape index (κ2) is 8.18.